The lowest BCUT2D eigenvalue weighted by Gasteiger charge is -2.32. The molecule has 0 saturated carbocycles. The molecule has 5 heteroatoms. The Bertz CT molecular complexity index is 682. The van der Waals surface area contributed by atoms with E-state index in [4.69, 9.17) is 0 Å². The van der Waals surface area contributed by atoms with Gasteiger partial charge in [0.1, 0.15) is 0 Å². The van der Waals surface area contributed by atoms with Gasteiger partial charge in [0.2, 0.25) is 5.91 Å². The summed E-state index contributed by atoms with van der Waals surface area (Å²) in [6, 6.07) is 12.2. The van der Waals surface area contributed by atoms with Gasteiger partial charge in [-0.1, -0.05) is 29.8 Å². The number of aryl methyl sites for hydroxylation is 2. The Morgan fingerprint density at radius 2 is 1.96 bits per heavy atom. The van der Waals surface area contributed by atoms with E-state index < -0.39 is 0 Å². The number of piperidine rings is 1. The summed E-state index contributed by atoms with van der Waals surface area (Å²) < 4.78 is 0. The predicted octanol–water partition coefficient (Wildman–Crippen LogP) is 2.63. The average Bonchev–Trinajstić information content (AvgIpc) is 2.62. The van der Waals surface area contributed by atoms with Crippen molar-refractivity contribution in [3.8, 4) is 0 Å². The van der Waals surface area contributed by atoms with Crippen LogP contribution in [-0.2, 0) is 11.3 Å². The number of nitrogens with zero attached hydrogens (tertiary/aromatic N) is 3. The molecule has 1 aliphatic rings. The standard InChI is InChI=1S/C19H24N4O/c1-14-5-8-16(9-6-14)12-20-19(24)17-4-3-11-23(13-17)18-10-7-15(2)21-22-18/h5-10,17H,3-4,11-13H2,1-2H3,(H,20,24). The molecule has 1 aromatic heterocycles. The van der Waals surface area contributed by atoms with Gasteiger partial charge in [0, 0.05) is 19.6 Å². The van der Waals surface area contributed by atoms with Crippen LogP contribution in [0.3, 0.4) is 0 Å². The van der Waals surface area contributed by atoms with E-state index in [0.29, 0.717) is 13.1 Å². The molecule has 1 aliphatic heterocycles. The first kappa shape index (κ1) is 16.4. The second-order valence-corrected chi connectivity index (χ2v) is 6.52. The van der Waals surface area contributed by atoms with Gasteiger partial charge < -0.3 is 10.2 Å². The summed E-state index contributed by atoms with van der Waals surface area (Å²) in [7, 11) is 0. The molecule has 1 saturated heterocycles. The molecular weight excluding hydrogens is 300 g/mol. The van der Waals surface area contributed by atoms with Crippen LogP contribution in [0.4, 0.5) is 5.82 Å². The monoisotopic (exact) mass is 324 g/mol. The fraction of sp³-hybridized carbons (Fsp3) is 0.421. The van der Waals surface area contributed by atoms with Gasteiger partial charge in [-0.25, -0.2) is 0 Å². The van der Waals surface area contributed by atoms with Gasteiger partial charge in [-0.15, -0.1) is 5.10 Å². The van der Waals surface area contributed by atoms with Crippen molar-refractivity contribution in [3.05, 3.63) is 53.2 Å². The maximum Gasteiger partial charge on any atom is 0.225 e. The molecule has 0 aliphatic carbocycles. The highest BCUT2D eigenvalue weighted by Crippen LogP contribution is 2.21. The molecule has 1 amide bonds. The van der Waals surface area contributed by atoms with Gasteiger partial charge >= 0.3 is 0 Å². The summed E-state index contributed by atoms with van der Waals surface area (Å²) in [4.78, 5) is 14.7. The molecule has 126 valence electrons. The number of benzene rings is 1. The number of carbonyl (C=O) groups excluding carboxylic acids is 1. The van der Waals surface area contributed by atoms with Gasteiger partial charge in [-0.3, -0.25) is 4.79 Å². The van der Waals surface area contributed by atoms with Crippen molar-refractivity contribution in [1.29, 1.82) is 0 Å². The lowest BCUT2D eigenvalue weighted by molar-refractivity contribution is -0.125. The maximum atomic E-state index is 12.5. The van der Waals surface area contributed by atoms with Crippen molar-refractivity contribution < 1.29 is 4.79 Å². The summed E-state index contributed by atoms with van der Waals surface area (Å²) in [5.74, 6) is 0.990. The van der Waals surface area contributed by atoms with Crippen molar-refractivity contribution in [2.24, 2.45) is 5.92 Å². The molecule has 0 spiro atoms. The third-order valence-electron chi connectivity index (χ3n) is 4.49. The van der Waals surface area contributed by atoms with E-state index >= 15 is 0 Å². The van der Waals surface area contributed by atoms with Gasteiger partial charge in [-0.05, 0) is 44.4 Å². The highest BCUT2D eigenvalue weighted by molar-refractivity contribution is 5.79. The molecule has 1 N–H and O–H groups in total. The zero-order valence-corrected chi connectivity index (χ0v) is 14.3. The second-order valence-electron chi connectivity index (χ2n) is 6.52. The number of anilines is 1. The second kappa shape index (κ2) is 7.43. The van der Waals surface area contributed by atoms with Crippen molar-refractivity contribution >= 4 is 11.7 Å². The molecule has 1 fully saturated rings. The zero-order valence-electron chi connectivity index (χ0n) is 14.3. The highest BCUT2D eigenvalue weighted by atomic mass is 16.1. The van der Waals surface area contributed by atoms with Gasteiger partial charge in [0.25, 0.3) is 0 Å². The number of carbonyl (C=O) groups is 1. The Kier molecular flexibility index (Phi) is 5.08. The Labute approximate surface area is 143 Å². The van der Waals surface area contributed by atoms with Crippen LogP contribution in [0.5, 0.6) is 0 Å². The van der Waals surface area contributed by atoms with E-state index in [1.807, 2.05) is 19.1 Å². The largest absolute Gasteiger partial charge is 0.354 e. The van der Waals surface area contributed by atoms with Crippen LogP contribution in [-0.4, -0.2) is 29.2 Å². The smallest absolute Gasteiger partial charge is 0.225 e. The van der Waals surface area contributed by atoms with Crippen molar-refractivity contribution in [3.63, 3.8) is 0 Å². The molecule has 0 radical (unpaired) electrons. The molecular formula is C19H24N4O. The molecule has 1 aromatic carbocycles. The molecule has 5 nitrogen and oxygen atoms in total. The molecule has 2 aromatic rings. The first-order chi connectivity index (χ1) is 11.6. The minimum absolute atomic E-state index is 0.00676. The van der Waals surface area contributed by atoms with Crippen LogP contribution < -0.4 is 10.2 Å². The molecule has 2 heterocycles. The fourth-order valence-corrected chi connectivity index (χ4v) is 3.00. The van der Waals surface area contributed by atoms with E-state index in [1.165, 1.54) is 5.56 Å². The SMILES string of the molecule is Cc1ccc(CNC(=O)C2CCCN(c3ccc(C)nn3)C2)cc1. The average molecular weight is 324 g/mol. The summed E-state index contributed by atoms with van der Waals surface area (Å²) in [5, 5.41) is 11.4. The molecule has 1 unspecified atom stereocenters. The van der Waals surface area contributed by atoms with Crippen LogP contribution in [0.2, 0.25) is 0 Å². The molecule has 24 heavy (non-hydrogen) atoms. The Hall–Kier alpha value is -2.43. The lowest BCUT2D eigenvalue weighted by Crippen LogP contribution is -2.43. The number of hydrogen-bond donors (Lipinski definition) is 1. The van der Waals surface area contributed by atoms with Gasteiger partial charge in [-0.2, -0.15) is 5.10 Å². The zero-order chi connectivity index (χ0) is 16.9. The Balaban J connectivity index is 1.56. The number of nitrogens with one attached hydrogen (secondary N) is 1. The third-order valence-corrected chi connectivity index (χ3v) is 4.49. The van der Waals surface area contributed by atoms with E-state index in [2.05, 4.69) is 51.6 Å². The topological polar surface area (TPSA) is 58.1 Å². The first-order valence-corrected chi connectivity index (χ1v) is 8.50. The van der Waals surface area contributed by atoms with E-state index in [-0.39, 0.29) is 11.8 Å². The summed E-state index contributed by atoms with van der Waals surface area (Å²) >= 11 is 0. The van der Waals surface area contributed by atoms with E-state index in [1.54, 1.807) is 0 Å². The van der Waals surface area contributed by atoms with Crippen LogP contribution in [0.25, 0.3) is 0 Å². The van der Waals surface area contributed by atoms with Gasteiger partial charge in [0.15, 0.2) is 5.82 Å². The normalized spacial score (nSPS) is 17.6. The quantitative estimate of drug-likeness (QED) is 0.939. The minimum atomic E-state index is 0.00676. The minimum Gasteiger partial charge on any atom is -0.354 e. The summed E-state index contributed by atoms with van der Waals surface area (Å²) in [5.41, 5.74) is 3.27. The maximum absolute atomic E-state index is 12.5. The van der Waals surface area contributed by atoms with Crippen molar-refractivity contribution in [1.82, 2.24) is 15.5 Å². The Morgan fingerprint density at radius 1 is 1.17 bits per heavy atom. The summed E-state index contributed by atoms with van der Waals surface area (Å²) in [6.07, 6.45) is 1.92. The number of rotatable bonds is 4. The molecule has 0 bridgehead atoms. The van der Waals surface area contributed by atoms with Crippen molar-refractivity contribution in [2.45, 2.75) is 33.2 Å². The van der Waals surface area contributed by atoms with Crippen LogP contribution in [0, 0.1) is 19.8 Å². The van der Waals surface area contributed by atoms with Crippen molar-refractivity contribution in [2.75, 3.05) is 18.0 Å². The van der Waals surface area contributed by atoms with Crippen LogP contribution in [0.1, 0.15) is 29.7 Å². The highest BCUT2D eigenvalue weighted by Gasteiger charge is 2.26. The van der Waals surface area contributed by atoms with Gasteiger partial charge in [0.05, 0.1) is 11.6 Å². The first-order valence-electron chi connectivity index (χ1n) is 8.50. The molecule has 3 rings (SSSR count). The number of aromatic nitrogens is 2. The molecule has 1 atom stereocenters. The number of hydrogen-bond acceptors (Lipinski definition) is 4. The van der Waals surface area contributed by atoms with E-state index in [0.717, 1.165) is 36.5 Å². The lowest BCUT2D eigenvalue weighted by atomic mass is 9.97. The summed E-state index contributed by atoms with van der Waals surface area (Å²) in [6.45, 7) is 6.21. The van der Waals surface area contributed by atoms with Crippen LogP contribution >= 0.6 is 0 Å². The predicted molar refractivity (Wildman–Crippen MR) is 94.7 cm³/mol. The van der Waals surface area contributed by atoms with E-state index in [9.17, 15) is 4.79 Å². The fourth-order valence-electron chi connectivity index (χ4n) is 3.00. The third kappa shape index (κ3) is 4.10. The van der Waals surface area contributed by atoms with Crippen LogP contribution in [0.15, 0.2) is 36.4 Å². The Morgan fingerprint density at radius 3 is 2.67 bits per heavy atom. The number of amides is 1.